The van der Waals surface area contributed by atoms with E-state index in [1.807, 2.05) is 0 Å². The van der Waals surface area contributed by atoms with Crippen LogP contribution < -0.4 is 0 Å². The molecule has 0 saturated carbocycles. The molecule has 6 nitrogen and oxygen atoms in total. The quantitative estimate of drug-likeness (QED) is 0.511. The van der Waals surface area contributed by atoms with Gasteiger partial charge in [-0.05, 0) is 6.07 Å². The highest BCUT2D eigenvalue weighted by Crippen LogP contribution is 2.23. The summed E-state index contributed by atoms with van der Waals surface area (Å²) in [5.74, 6) is -0.452. The lowest BCUT2D eigenvalue weighted by atomic mass is 10.1. The molecule has 1 N–H and O–H groups in total. The molecular formula is C12H10N2O4. The molecule has 0 bridgehead atoms. The van der Waals surface area contributed by atoms with Crippen LogP contribution in [-0.2, 0) is 4.74 Å². The Bertz CT molecular complexity index is 643. The Morgan fingerprint density at radius 2 is 2.28 bits per heavy atom. The Morgan fingerprint density at radius 1 is 1.50 bits per heavy atom. The summed E-state index contributed by atoms with van der Waals surface area (Å²) >= 11 is 0. The molecule has 0 spiro atoms. The summed E-state index contributed by atoms with van der Waals surface area (Å²) < 4.78 is 4.67. The van der Waals surface area contributed by atoms with Crippen LogP contribution in [0.15, 0.2) is 30.6 Å². The maximum atomic E-state index is 11.5. The van der Waals surface area contributed by atoms with E-state index in [4.69, 9.17) is 0 Å². The predicted octanol–water partition coefficient (Wildman–Crippen LogP) is 2.20. The van der Waals surface area contributed by atoms with Gasteiger partial charge >= 0.3 is 5.97 Å². The van der Waals surface area contributed by atoms with Crippen molar-refractivity contribution in [3.63, 3.8) is 0 Å². The number of para-hydroxylation sites is 1. The van der Waals surface area contributed by atoms with E-state index in [-0.39, 0.29) is 0 Å². The van der Waals surface area contributed by atoms with E-state index in [0.29, 0.717) is 16.6 Å². The first-order chi connectivity index (χ1) is 8.63. The van der Waals surface area contributed by atoms with E-state index >= 15 is 0 Å². The van der Waals surface area contributed by atoms with Gasteiger partial charge in [-0.3, -0.25) is 10.1 Å². The lowest BCUT2D eigenvalue weighted by Gasteiger charge is -2.00. The van der Waals surface area contributed by atoms with Crippen LogP contribution in [0, 0.1) is 10.1 Å². The largest absolute Gasteiger partial charge is 0.465 e. The number of fused-ring (bicyclic) bond motifs is 1. The van der Waals surface area contributed by atoms with Crippen molar-refractivity contribution >= 4 is 22.9 Å². The molecule has 0 saturated heterocycles. The van der Waals surface area contributed by atoms with Gasteiger partial charge in [0.15, 0.2) is 0 Å². The van der Waals surface area contributed by atoms with E-state index < -0.39 is 10.9 Å². The van der Waals surface area contributed by atoms with Crippen molar-refractivity contribution < 1.29 is 14.5 Å². The fraction of sp³-hybridized carbons (Fsp3) is 0.0833. The first kappa shape index (κ1) is 11.8. The van der Waals surface area contributed by atoms with Crippen molar-refractivity contribution in [3.8, 4) is 0 Å². The van der Waals surface area contributed by atoms with Crippen LogP contribution in [0.5, 0.6) is 0 Å². The summed E-state index contributed by atoms with van der Waals surface area (Å²) in [6.45, 7) is 0. The fourth-order valence-electron chi connectivity index (χ4n) is 1.74. The van der Waals surface area contributed by atoms with Gasteiger partial charge in [0.2, 0.25) is 6.20 Å². The third-order valence-electron chi connectivity index (χ3n) is 2.53. The number of hydrogen-bond donors (Lipinski definition) is 1. The molecule has 6 heteroatoms. The van der Waals surface area contributed by atoms with Gasteiger partial charge in [0, 0.05) is 23.2 Å². The number of carbonyl (C=O) groups is 1. The molecule has 2 rings (SSSR count). The zero-order valence-electron chi connectivity index (χ0n) is 9.54. The fourth-order valence-corrected chi connectivity index (χ4v) is 1.74. The maximum Gasteiger partial charge on any atom is 0.339 e. The second kappa shape index (κ2) is 4.70. The second-order valence-electron chi connectivity index (χ2n) is 3.56. The number of methoxy groups -OCH3 is 1. The topological polar surface area (TPSA) is 85.2 Å². The Kier molecular flexibility index (Phi) is 3.09. The van der Waals surface area contributed by atoms with E-state index in [1.54, 1.807) is 24.4 Å². The van der Waals surface area contributed by atoms with Crippen molar-refractivity contribution in [3.05, 3.63) is 51.8 Å². The van der Waals surface area contributed by atoms with E-state index in [2.05, 4.69) is 9.72 Å². The van der Waals surface area contributed by atoms with Crippen LogP contribution in [0.4, 0.5) is 0 Å². The van der Waals surface area contributed by atoms with Gasteiger partial charge in [-0.15, -0.1) is 0 Å². The third kappa shape index (κ3) is 2.08. The third-order valence-corrected chi connectivity index (χ3v) is 2.53. The van der Waals surface area contributed by atoms with Crippen LogP contribution in [0.1, 0.15) is 15.9 Å². The van der Waals surface area contributed by atoms with Crippen molar-refractivity contribution in [2.24, 2.45) is 0 Å². The number of ether oxygens (including phenoxy) is 1. The monoisotopic (exact) mass is 246 g/mol. The highest BCUT2D eigenvalue weighted by Gasteiger charge is 2.12. The minimum Gasteiger partial charge on any atom is -0.465 e. The molecule has 18 heavy (non-hydrogen) atoms. The van der Waals surface area contributed by atoms with Crippen LogP contribution in [0.3, 0.4) is 0 Å². The summed E-state index contributed by atoms with van der Waals surface area (Å²) in [6.07, 6.45) is 3.84. The SMILES string of the molecule is COC(=O)c1cccc2c(/C=C/[N+](=O)[O-])c[nH]c12. The number of nitro groups is 1. The van der Waals surface area contributed by atoms with Gasteiger partial charge in [-0.2, -0.15) is 0 Å². The van der Waals surface area contributed by atoms with Gasteiger partial charge in [0.25, 0.3) is 0 Å². The maximum absolute atomic E-state index is 11.5. The van der Waals surface area contributed by atoms with E-state index in [0.717, 1.165) is 11.6 Å². The second-order valence-corrected chi connectivity index (χ2v) is 3.56. The number of esters is 1. The molecule has 0 radical (unpaired) electrons. The molecule has 1 heterocycles. The lowest BCUT2D eigenvalue weighted by molar-refractivity contribution is -0.400. The van der Waals surface area contributed by atoms with Crippen LogP contribution in [-0.4, -0.2) is 23.0 Å². The lowest BCUT2D eigenvalue weighted by Crippen LogP contribution is -2.01. The highest BCUT2D eigenvalue weighted by molar-refractivity contribution is 6.05. The summed E-state index contributed by atoms with van der Waals surface area (Å²) in [4.78, 5) is 24.2. The number of H-pyrrole nitrogens is 1. The molecule has 1 aromatic heterocycles. The molecule has 0 atom stereocenters. The Balaban J connectivity index is 2.55. The van der Waals surface area contributed by atoms with E-state index in [9.17, 15) is 14.9 Å². The number of hydrogen-bond acceptors (Lipinski definition) is 4. The molecule has 2 aromatic rings. The van der Waals surface area contributed by atoms with E-state index in [1.165, 1.54) is 13.2 Å². The number of benzene rings is 1. The number of nitrogens with one attached hydrogen (secondary N) is 1. The average molecular weight is 246 g/mol. The van der Waals surface area contributed by atoms with Gasteiger partial charge in [0.05, 0.1) is 23.1 Å². The van der Waals surface area contributed by atoms with Crippen LogP contribution >= 0.6 is 0 Å². The molecular weight excluding hydrogens is 236 g/mol. The molecule has 0 amide bonds. The Morgan fingerprint density at radius 3 is 2.94 bits per heavy atom. The van der Waals surface area contributed by atoms with Crippen LogP contribution in [0.25, 0.3) is 17.0 Å². The van der Waals surface area contributed by atoms with Gasteiger partial charge < -0.3 is 9.72 Å². The summed E-state index contributed by atoms with van der Waals surface area (Å²) in [5.41, 5.74) is 1.65. The van der Waals surface area contributed by atoms with Crippen molar-refractivity contribution in [2.75, 3.05) is 7.11 Å². The summed E-state index contributed by atoms with van der Waals surface area (Å²) in [5, 5.41) is 11.0. The molecule has 0 aliphatic carbocycles. The first-order valence-electron chi connectivity index (χ1n) is 5.13. The Labute approximate surface area is 102 Å². The predicted molar refractivity (Wildman–Crippen MR) is 65.7 cm³/mol. The number of carbonyl (C=O) groups excluding carboxylic acids is 1. The number of aromatic amines is 1. The zero-order chi connectivity index (χ0) is 13.1. The minimum atomic E-state index is -0.539. The normalized spacial score (nSPS) is 10.9. The standard InChI is InChI=1S/C12H10N2O4/c1-18-12(15)10-4-2-3-9-8(5-6-14(16)17)7-13-11(9)10/h2-7,13H,1H3/b6-5+. The minimum absolute atomic E-state index is 0.399. The Hall–Kier alpha value is -2.63. The highest BCUT2D eigenvalue weighted by atomic mass is 16.6. The van der Waals surface area contributed by atoms with Crippen LogP contribution in [0.2, 0.25) is 0 Å². The summed E-state index contributed by atoms with van der Waals surface area (Å²) in [7, 11) is 1.30. The van der Waals surface area contributed by atoms with Crippen molar-refractivity contribution in [1.29, 1.82) is 0 Å². The molecule has 0 unspecified atom stereocenters. The first-order valence-corrected chi connectivity index (χ1v) is 5.13. The number of nitrogens with zero attached hydrogens (tertiary/aromatic N) is 1. The molecule has 0 aliphatic heterocycles. The summed E-state index contributed by atoms with van der Waals surface area (Å²) in [6, 6.07) is 5.11. The number of rotatable bonds is 3. The van der Waals surface area contributed by atoms with Crippen molar-refractivity contribution in [1.82, 2.24) is 4.98 Å². The van der Waals surface area contributed by atoms with Crippen molar-refractivity contribution in [2.45, 2.75) is 0 Å². The molecule has 0 aliphatic rings. The molecule has 0 fully saturated rings. The number of aromatic nitrogens is 1. The molecule has 1 aromatic carbocycles. The van der Waals surface area contributed by atoms with Gasteiger partial charge in [0.1, 0.15) is 0 Å². The molecule has 92 valence electrons. The zero-order valence-corrected chi connectivity index (χ0v) is 9.54. The van der Waals surface area contributed by atoms with Gasteiger partial charge in [-0.1, -0.05) is 12.1 Å². The van der Waals surface area contributed by atoms with Gasteiger partial charge in [-0.25, -0.2) is 4.79 Å². The average Bonchev–Trinajstić information content (AvgIpc) is 2.78. The smallest absolute Gasteiger partial charge is 0.339 e.